The standard InChI is InChI=1S/C18H22N2O4/c21-17(9-13-8-11-5-6-12(13)7-11)19-20-18(22)16-10-23-14-3-1-2-4-15(14)24-16/h1-4,11-13,16H,5-10H2,(H,19,21)(H,20,22)/t11-,12-,13+,16+/m0/s1. The summed E-state index contributed by atoms with van der Waals surface area (Å²) in [6.07, 6.45) is 4.73. The van der Waals surface area contributed by atoms with Gasteiger partial charge >= 0.3 is 0 Å². The largest absolute Gasteiger partial charge is 0.485 e. The summed E-state index contributed by atoms with van der Waals surface area (Å²) in [6, 6.07) is 7.21. The number of para-hydroxylation sites is 2. The van der Waals surface area contributed by atoms with Gasteiger partial charge in [0.2, 0.25) is 12.0 Å². The van der Waals surface area contributed by atoms with Crippen LogP contribution < -0.4 is 20.3 Å². The van der Waals surface area contributed by atoms with Gasteiger partial charge in [-0.25, -0.2) is 0 Å². The van der Waals surface area contributed by atoms with Gasteiger partial charge in [0, 0.05) is 6.42 Å². The van der Waals surface area contributed by atoms with E-state index in [1.54, 1.807) is 12.1 Å². The molecular weight excluding hydrogens is 308 g/mol. The second kappa shape index (κ2) is 6.34. The van der Waals surface area contributed by atoms with Crippen LogP contribution in [0.15, 0.2) is 24.3 Å². The molecule has 4 atom stereocenters. The van der Waals surface area contributed by atoms with Crippen molar-refractivity contribution >= 4 is 11.8 Å². The average Bonchev–Trinajstić information content (AvgIpc) is 3.22. The Hall–Kier alpha value is -2.24. The second-order valence-electron chi connectivity index (χ2n) is 7.04. The lowest BCUT2D eigenvalue weighted by molar-refractivity contribution is -0.135. The van der Waals surface area contributed by atoms with Gasteiger partial charge in [0.05, 0.1) is 0 Å². The van der Waals surface area contributed by atoms with Crippen LogP contribution in [0.25, 0.3) is 0 Å². The van der Waals surface area contributed by atoms with E-state index < -0.39 is 12.0 Å². The van der Waals surface area contributed by atoms with Crippen LogP contribution in [0, 0.1) is 17.8 Å². The smallest absolute Gasteiger partial charge is 0.283 e. The van der Waals surface area contributed by atoms with E-state index in [4.69, 9.17) is 9.47 Å². The summed E-state index contributed by atoms with van der Waals surface area (Å²) in [6.45, 7) is 0.130. The molecule has 0 unspecified atom stereocenters. The summed E-state index contributed by atoms with van der Waals surface area (Å²) in [7, 11) is 0. The molecular formula is C18H22N2O4. The highest BCUT2D eigenvalue weighted by atomic mass is 16.6. The Bertz CT molecular complexity index is 648. The van der Waals surface area contributed by atoms with Crippen molar-refractivity contribution in [1.29, 1.82) is 0 Å². The zero-order chi connectivity index (χ0) is 16.5. The van der Waals surface area contributed by atoms with E-state index in [1.807, 2.05) is 12.1 Å². The highest BCUT2D eigenvalue weighted by Crippen LogP contribution is 2.49. The molecule has 2 saturated carbocycles. The molecule has 4 rings (SSSR count). The Morgan fingerprint density at radius 3 is 2.67 bits per heavy atom. The number of hydrazine groups is 1. The van der Waals surface area contributed by atoms with Gasteiger partial charge in [0.25, 0.3) is 5.91 Å². The predicted molar refractivity (Wildman–Crippen MR) is 86.2 cm³/mol. The third-order valence-electron chi connectivity index (χ3n) is 5.46. The van der Waals surface area contributed by atoms with Crippen LogP contribution in [0.3, 0.4) is 0 Å². The molecule has 128 valence electrons. The minimum absolute atomic E-state index is 0.127. The molecule has 6 heteroatoms. The van der Waals surface area contributed by atoms with Crippen molar-refractivity contribution in [1.82, 2.24) is 10.9 Å². The van der Waals surface area contributed by atoms with Crippen LogP contribution in [0.2, 0.25) is 0 Å². The van der Waals surface area contributed by atoms with Gasteiger partial charge < -0.3 is 9.47 Å². The van der Waals surface area contributed by atoms with Gasteiger partial charge in [-0.1, -0.05) is 18.6 Å². The second-order valence-corrected chi connectivity index (χ2v) is 7.04. The lowest BCUT2D eigenvalue weighted by atomic mass is 9.86. The van der Waals surface area contributed by atoms with Crippen molar-refractivity contribution in [2.75, 3.05) is 6.61 Å². The van der Waals surface area contributed by atoms with Crippen molar-refractivity contribution < 1.29 is 19.1 Å². The number of carbonyl (C=O) groups is 2. The van der Waals surface area contributed by atoms with Crippen LogP contribution in [-0.4, -0.2) is 24.5 Å². The van der Waals surface area contributed by atoms with E-state index in [9.17, 15) is 9.59 Å². The summed E-state index contributed by atoms with van der Waals surface area (Å²) in [5.41, 5.74) is 4.97. The van der Waals surface area contributed by atoms with Crippen LogP contribution in [-0.2, 0) is 9.59 Å². The van der Waals surface area contributed by atoms with Crippen LogP contribution >= 0.6 is 0 Å². The molecule has 0 radical (unpaired) electrons. The fourth-order valence-corrected chi connectivity index (χ4v) is 4.28. The predicted octanol–water partition coefficient (Wildman–Crippen LogP) is 1.80. The maximum atomic E-state index is 12.1. The molecule has 0 saturated heterocycles. The molecule has 1 aliphatic heterocycles. The number of ether oxygens (including phenoxy) is 2. The summed E-state index contributed by atoms with van der Waals surface area (Å²) >= 11 is 0. The van der Waals surface area contributed by atoms with Crippen molar-refractivity contribution in [3.05, 3.63) is 24.3 Å². The van der Waals surface area contributed by atoms with E-state index >= 15 is 0 Å². The average molecular weight is 330 g/mol. The molecule has 0 aromatic heterocycles. The maximum absolute atomic E-state index is 12.1. The Kier molecular flexibility index (Phi) is 4.04. The Morgan fingerprint density at radius 2 is 1.92 bits per heavy atom. The number of hydrogen-bond acceptors (Lipinski definition) is 4. The first-order chi connectivity index (χ1) is 11.7. The Morgan fingerprint density at radius 1 is 1.08 bits per heavy atom. The minimum Gasteiger partial charge on any atom is -0.485 e. The molecule has 24 heavy (non-hydrogen) atoms. The van der Waals surface area contributed by atoms with Crippen molar-refractivity contribution in [2.45, 2.75) is 38.2 Å². The zero-order valence-electron chi connectivity index (χ0n) is 13.5. The number of benzene rings is 1. The normalized spacial score (nSPS) is 30.0. The van der Waals surface area contributed by atoms with E-state index in [0.29, 0.717) is 29.8 Å². The number of rotatable bonds is 3. The number of nitrogens with one attached hydrogen (secondary N) is 2. The van der Waals surface area contributed by atoms with E-state index in [1.165, 1.54) is 19.3 Å². The first kappa shape index (κ1) is 15.3. The van der Waals surface area contributed by atoms with Crippen LogP contribution in [0.4, 0.5) is 0 Å². The quantitative estimate of drug-likeness (QED) is 0.829. The molecule has 2 N–H and O–H groups in total. The first-order valence-electron chi connectivity index (χ1n) is 8.66. The summed E-state index contributed by atoms with van der Waals surface area (Å²) in [5, 5.41) is 0. The van der Waals surface area contributed by atoms with Gasteiger partial charge in [-0.15, -0.1) is 0 Å². The van der Waals surface area contributed by atoms with Crippen molar-refractivity contribution in [3.8, 4) is 11.5 Å². The molecule has 6 nitrogen and oxygen atoms in total. The van der Waals surface area contributed by atoms with E-state index in [2.05, 4.69) is 10.9 Å². The highest BCUT2D eigenvalue weighted by molar-refractivity contribution is 5.85. The molecule has 1 aromatic rings. The number of amides is 2. The molecule has 3 aliphatic rings. The molecule has 2 aliphatic carbocycles. The van der Waals surface area contributed by atoms with Gasteiger partial charge in [-0.05, 0) is 49.1 Å². The SMILES string of the molecule is O=C(C[C@H]1C[C@H]2CC[C@H]1C2)NNC(=O)[C@H]1COc2ccccc2O1. The Labute approximate surface area is 140 Å². The first-order valence-corrected chi connectivity index (χ1v) is 8.66. The molecule has 1 heterocycles. The lowest BCUT2D eigenvalue weighted by Gasteiger charge is -2.26. The van der Waals surface area contributed by atoms with Gasteiger partial charge in [0.15, 0.2) is 11.5 Å². The Balaban J connectivity index is 1.24. The fraction of sp³-hybridized carbons (Fsp3) is 0.556. The third kappa shape index (κ3) is 3.05. The van der Waals surface area contributed by atoms with Crippen molar-refractivity contribution in [3.63, 3.8) is 0 Å². The fourth-order valence-electron chi connectivity index (χ4n) is 4.28. The lowest BCUT2D eigenvalue weighted by Crippen LogP contribution is -2.51. The van der Waals surface area contributed by atoms with Gasteiger partial charge in [-0.2, -0.15) is 0 Å². The minimum atomic E-state index is -0.761. The molecule has 2 bridgehead atoms. The molecule has 0 spiro atoms. The summed E-state index contributed by atoms with van der Waals surface area (Å²) in [5.74, 6) is 2.63. The topological polar surface area (TPSA) is 76.7 Å². The summed E-state index contributed by atoms with van der Waals surface area (Å²) in [4.78, 5) is 24.2. The van der Waals surface area contributed by atoms with E-state index in [0.717, 1.165) is 12.3 Å². The zero-order valence-corrected chi connectivity index (χ0v) is 13.5. The maximum Gasteiger partial charge on any atom is 0.283 e. The van der Waals surface area contributed by atoms with Crippen LogP contribution in [0.1, 0.15) is 32.1 Å². The van der Waals surface area contributed by atoms with Crippen LogP contribution in [0.5, 0.6) is 11.5 Å². The molecule has 2 amide bonds. The van der Waals surface area contributed by atoms with E-state index in [-0.39, 0.29) is 12.5 Å². The number of fused-ring (bicyclic) bond motifs is 3. The van der Waals surface area contributed by atoms with Gasteiger partial charge in [0.1, 0.15) is 6.61 Å². The third-order valence-corrected chi connectivity index (χ3v) is 5.46. The number of hydrogen-bond donors (Lipinski definition) is 2. The number of carbonyl (C=O) groups excluding carboxylic acids is 2. The highest BCUT2D eigenvalue weighted by Gasteiger charge is 2.40. The molecule has 2 fully saturated rings. The van der Waals surface area contributed by atoms with Crippen molar-refractivity contribution in [2.24, 2.45) is 17.8 Å². The summed E-state index contributed by atoms with van der Waals surface area (Å²) < 4.78 is 11.1. The van der Waals surface area contributed by atoms with Gasteiger partial charge in [-0.3, -0.25) is 20.4 Å². The monoisotopic (exact) mass is 330 g/mol. The molecule has 1 aromatic carbocycles.